The fourth-order valence-electron chi connectivity index (χ4n) is 2.23. The van der Waals surface area contributed by atoms with E-state index in [2.05, 4.69) is 36.5 Å². The van der Waals surface area contributed by atoms with Gasteiger partial charge in [-0.25, -0.2) is 0 Å². The topological polar surface area (TPSA) is 20.2 Å². The minimum Gasteiger partial charge on any atom is -0.508 e. The lowest BCUT2D eigenvalue weighted by Crippen LogP contribution is -2.02. The molecule has 1 atom stereocenters. The van der Waals surface area contributed by atoms with Crippen molar-refractivity contribution < 1.29 is 5.11 Å². The van der Waals surface area contributed by atoms with Gasteiger partial charge in [0.25, 0.3) is 0 Å². The Labute approximate surface area is 94.7 Å². The molecule has 78 valence electrons. The fraction of sp³-hybridized carbons (Fsp3) is 0.0667. The Bertz CT molecular complexity index is 527. The molecule has 1 aromatic carbocycles. The first-order valence-corrected chi connectivity index (χ1v) is 5.41. The van der Waals surface area contributed by atoms with Crippen LogP contribution < -0.4 is 0 Å². The van der Waals surface area contributed by atoms with E-state index >= 15 is 0 Å². The number of hydrogen-bond donors (Lipinski definition) is 1. The largest absolute Gasteiger partial charge is 0.508 e. The first kappa shape index (κ1) is 9.22. The predicted molar refractivity (Wildman–Crippen MR) is 65.3 cm³/mol. The molecular weight excluding hydrogens is 196 g/mol. The number of rotatable bonds is 1. The molecule has 1 unspecified atom stereocenters. The summed E-state index contributed by atoms with van der Waals surface area (Å²) < 4.78 is 0. The molecule has 1 aromatic rings. The number of phenols is 1. The molecule has 0 aromatic heterocycles. The van der Waals surface area contributed by atoms with Crippen LogP contribution in [0.5, 0.6) is 5.75 Å². The Hall–Kier alpha value is -2.02. The second-order valence-electron chi connectivity index (χ2n) is 4.06. The normalized spacial score (nSPS) is 21.6. The SMILES string of the molecule is Oc1ccc(C2C=CC=C3C=CC=C32)cc1. The molecule has 3 rings (SSSR count). The zero-order valence-electron chi connectivity index (χ0n) is 8.80. The summed E-state index contributed by atoms with van der Waals surface area (Å²) in [6.07, 6.45) is 12.8. The molecule has 0 radical (unpaired) electrons. The molecular formula is C15H12O. The monoisotopic (exact) mass is 208 g/mol. The van der Waals surface area contributed by atoms with Gasteiger partial charge in [-0.2, -0.15) is 0 Å². The van der Waals surface area contributed by atoms with E-state index in [1.165, 1.54) is 16.7 Å². The van der Waals surface area contributed by atoms with Gasteiger partial charge in [-0.3, -0.25) is 0 Å². The predicted octanol–water partition coefficient (Wildman–Crippen LogP) is 3.47. The lowest BCUT2D eigenvalue weighted by molar-refractivity contribution is 0.475. The van der Waals surface area contributed by atoms with Crippen molar-refractivity contribution in [1.82, 2.24) is 0 Å². The third-order valence-electron chi connectivity index (χ3n) is 3.05. The fourth-order valence-corrected chi connectivity index (χ4v) is 2.23. The van der Waals surface area contributed by atoms with Crippen molar-refractivity contribution in [3.05, 3.63) is 77.4 Å². The number of fused-ring (bicyclic) bond motifs is 1. The summed E-state index contributed by atoms with van der Waals surface area (Å²) in [5, 5.41) is 9.29. The van der Waals surface area contributed by atoms with Gasteiger partial charge in [0.2, 0.25) is 0 Å². The highest BCUT2D eigenvalue weighted by molar-refractivity contribution is 5.58. The molecule has 2 aliphatic rings. The summed E-state index contributed by atoms with van der Waals surface area (Å²) >= 11 is 0. The maximum Gasteiger partial charge on any atom is 0.115 e. The van der Waals surface area contributed by atoms with Crippen LogP contribution in [-0.4, -0.2) is 5.11 Å². The molecule has 0 aliphatic heterocycles. The van der Waals surface area contributed by atoms with E-state index < -0.39 is 0 Å². The molecule has 0 amide bonds. The average molecular weight is 208 g/mol. The summed E-state index contributed by atoms with van der Waals surface area (Å²) in [6.45, 7) is 0. The molecule has 0 saturated carbocycles. The number of allylic oxidation sites excluding steroid dienone is 8. The molecule has 0 spiro atoms. The van der Waals surface area contributed by atoms with Gasteiger partial charge in [-0.15, -0.1) is 0 Å². The Kier molecular flexibility index (Phi) is 2.03. The minimum absolute atomic E-state index is 0.315. The van der Waals surface area contributed by atoms with Crippen LogP contribution in [0.2, 0.25) is 0 Å². The van der Waals surface area contributed by atoms with Crippen LogP contribution in [0.4, 0.5) is 0 Å². The van der Waals surface area contributed by atoms with E-state index in [0.29, 0.717) is 11.7 Å². The van der Waals surface area contributed by atoms with Crippen molar-refractivity contribution in [1.29, 1.82) is 0 Å². The van der Waals surface area contributed by atoms with Crippen LogP contribution >= 0.6 is 0 Å². The van der Waals surface area contributed by atoms with E-state index in [9.17, 15) is 5.11 Å². The maximum atomic E-state index is 9.29. The van der Waals surface area contributed by atoms with Crippen LogP contribution in [0.1, 0.15) is 11.5 Å². The van der Waals surface area contributed by atoms with Crippen LogP contribution in [0, 0.1) is 0 Å². The van der Waals surface area contributed by atoms with E-state index in [4.69, 9.17) is 0 Å². The lowest BCUT2D eigenvalue weighted by Gasteiger charge is -2.19. The van der Waals surface area contributed by atoms with E-state index in [0.717, 1.165) is 0 Å². The zero-order valence-corrected chi connectivity index (χ0v) is 8.80. The highest BCUT2D eigenvalue weighted by Gasteiger charge is 2.19. The van der Waals surface area contributed by atoms with Crippen LogP contribution in [-0.2, 0) is 0 Å². The number of benzene rings is 1. The summed E-state index contributed by atoms with van der Waals surface area (Å²) in [5.41, 5.74) is 3.85. The zero-order chi connectivity index (χ0) is 11.0. The molecule has 0 saturated heterocycles. The molecule has 0 bridgehead atoms. The Morgan fingerprint density at radius 2 is 1.75 bits per heavy atom. The van der Waals surface area contributed by atoms with Crippen molar-refractivity contribution >= 4 is 0 Å². The van der Waals surface area contributed by atoms with Crippen LogP contribution in [0.25, 0.3) is 0 Å². The average Bonchev–Trinajstić information content (AvgIpc) is 2.78. The molecule has 0 fully saturated rings. The van der Waals surface area contributed by atoms with Gasteiger partial charge < -0.3 is 5.11 Å². The van der Waals surface area contributed by atoms with Gasteiger partial charge in [0.05, 0.1) is 0 Å². The molecule has 0 heterocycles. The molecule has 1 heteroatoms. The standard InChI is InChI=1S/C15H12O/c16-13-9-7-12(8-10-13)15-6-2-4-11-3-1-5-14(11)15/h1-10,15-16H. The Morgan fingerprint density at radius 1 is 0.938 bits per heavy atom. The van der Waals surface area contributed by atoms with E-state index in [1.807, 2.05) is 12.1 Å². The third-order valence-corrected chi connectivity index (χ3v) is 3.05. The Balaban J connectivity index is 2.00. The van der Waals surface area contributed by atoms with Crippen molar-refractivity contribution in [3.8, 4) is 5.75 Å². The van der Waals surface area contributed by atoms with Crippen LogP contribution in [0.3, 0.4) is 0 Å². The summed E-state index contributed by atoms with van der Waals surface area (Å²) in [6, 6.07) is 7.44. The molecule has 2 aliphatic carbocycles. The molecule has 16 heavy (non-hydrogen) atoms. The molecule has 1 nitrogen and oxygen atoms in total. The molecule has 1 N–H and O–H groups in total. The van der Waals surface area contributed by atoms with Crippen molar-refractivity contribution in [2.75, 3.05) is 0 Å². The highest BCUT2D eigenvalue weighted by atomic mass is 16.3. The maximum absolute atomic E-state index is 9.29. The van der Waals surface area contributed by atoms with Crippen LogP contribution in [0.15, 0.2) is 71.9 Å². The second-order valence-corrected chi connectivity index (χ2v) is 4.06. The van der Waals surface area contributed by atoms with Gasteiger partial charge >= 0.3 is 0 Å². The first-order valence-electron chi connectivity index (χ1n) is 5.41. The lowest BCUT2D eigenvalue weighted by atomic mass is 9.85. The summed E-state index contributed by atoms with van der Waals surface area (Å²) in [4.78, 5) is 0. The van der Waals surface area contributed by atoms with E-state index in [1.54, 1.807) is 12.1 Å². The Morgan fingerprint density at radius 3 is 2.56 bits per heavy atom. The number of aromatic hydroxyl groups is 1. The van der Waals surface area contributed by atoms with E-state index in [-0.39, 0.29) is 0 Å². The van der Waals surface area contributed by atoms with Gasteiger partial charge in [-0.05, 0) is 28.8 Å². The van der Waals surface area contributed by atoms with Gasteiger partial charge in [0.15, 0.2) is 0 Å². The summed E-state index contributed by atoms with van der Waals surface area (Å²) in [5.74, 6) is 0.633. The third kappa shape index (κ3) is 1.41. The van der Waals surface area contributed by atoms with Crippen molar-refractivity contribution in [3.63, 3.8) is 0 Å². The van der Waals surface area contributed by atoms with Gasteiger partial charge in [0.1, 0.15) is 5.75 Å². The van der Waals surface area contributed by atoms with Crippen molar-refractivity contribution in [2.24, 2.45) is 0 Å². The second kappa shape index (κ2) is 3.53. The number of phenolic OH excluding ortho intramolecular Hbond substituents is 1. The first-order chi connectivity index (χ1) is 7.84. The van der Waals surface area contributed by atoms with Gasteiger partial charge in [0, 0.05) is 5.92 Å². The minimum atomic E-state index is 0.315. The highest BCUT2D eigenvalue weighted by Crippen LogP contribution is 2.37. The quantitative estimate of drug-likeness (QED) is 0.749. The number of hydrogen-bond acceptors (Lipinski definition) is 1. The van der Waals surface area contributed by atoms with Crippen molar-refractivity contribution in [2.45, 2.75) is 5.92 Å². The smallest absolute Gasteiger partial charge is 0.115 e. The summed E-state index contributed by atoms with van der Waals surface area (Å²) in [7, 11) is 0. The van der Waals surface area contributed by atoms with Gasteiger partial charge in [-0.1, -0.05) is 48.6 Å².